The normalized spacial score (nSPS) is 12.6. The second-order valence-electron chi connectivity index (χ2n) is 5.97. The van der Waals surface area contributed by atoms with E-state index in [-0.39, 0.29) is 5.41 Å². The fourth-order valence-electron chi connectivity index (χ4n) is 2.29. The third kappa shape index (κ3) is 2.71. The molecule has 0 N–H and O–H groups in total. The number of rotatable bonds is 3. The molecule has 0 saturated carbocycles. The molecule has 2 aromatic heterocycles. The average molecular weight is 315 g/mol. The Labute approximate surface area is 125 Å². The van der Waals surface area contributed by atoms with Crippen LogP contribution in [0.25, 0.3) is 4.83 Å². The highest BCUT2D eigenvalue weighted by molar-refractivity contribution is 7.98. The first-order valence-corrected chi connectivity index (χ1v) is 11.3. The van der Waals surface area contributed by atoms with Crippen LogP contribution in [0.2, 0.25) is 13.1 Å². The highest BCUT2D eigenvalue weighted by atomic mass is 32.2. The molecule has 6 heteroatoms. The van der Waals surface area contributed by atoms with Crippen molar-refractivity contribution in [1.82, 2.24) is 9.38 Å². The number of hydrogen-bond acceptors (Lipinski definition) is 4. The van der Waals surface area contributed by atoms with Gasteiger partial charge in [-0.25, -0.2) is 0 Å². The summed E-state index contributed by atoms with van der Waals surface area (Å²) in [5, 5.41) is 1.08. The Hall–Kier alpha value is -0.463. The van der Waals surface area contributed by atoms with Gasteiger partial charge < -0.3 is 4.43 Å². The van der Waals surface area contributed by atoms with Crippen LogP contribution in [-0.2, 0) is 5.41 Å². The van der Waals surface area contributed by atoms with E-state index in [4.69, 9.17) is 4.43 Å². The molecular formula is C13H22N2OS2Si. The molecule has 0 saturated heterocycles. The number of imidazole rings is 1. The predicted molar refractivity (Wildman–Crippen MR) is 87.8 cm³/mol. The van der Waals surface area contributed by atoms with Gasteiger partial charge in [-0.2, -0.15) is 4.98 Å². The lowest BCUT2D eigenvalue weighted by molar-refractivity contribution is 0.496. The van der Waals surface area contributed by atoms with E-state index in [1.807, 2.05) is 11.3 Å². The number of aromatic nitrogens is 2. The van der Waals surface area contributed by atoms with Crippen molar-refractivity contribution in [2.45, 2.75) is 51.2 Å². The van der Waals surface area contributed by atoms with Crippen molar-refractivity contribution in [3.63, 3.8) is 0 Å². The summed E-state index contributed by atoms with van der Waals surface area (Å²) in [5.41, 5.74) is 1.42. The van der Waals surface area contributed by atoms with Gasteiger partial charge in [-0.1, -0.05) is 20.8 Å². The third-order valence-corrected chi connectivity index (χ3v) is 5.38. The Kier molecular flexibility index (Phi) is 4.04. The van der Waals surface area contributed by atoms with Crippen LogP contribution in [0.5, 0.6) is 6.01 Å². The Balaban J connectivity index is 2.75. The van der Waals surface area contributed by atoms with Crippen LogP contribution in [0, 0.1) is 6.92 Å². The number of fused-ring (bicyclic) bond motifs is 1. The fraction of sp³-hybridized carbons (Fsp3) is 0.615. The number of thioether (sulfide) groups is 1. The molecule has 2 rings (SSSR count). The molecule has 2 heterocycles. The minimum atomic E-state index is -1.16. The smallest absolute Gasteiger partial charge is 0.289 e. The summed E-state index contributed by atoms with van der Waals surface area (Å²) < 4.78 is 8.28. The second-order valence-corrected chi connectivity index (χ2v) is 10.3. The molecule has 106 valence electrons. The van der Waals surface area contributed by atoms with Gasteiger partial charge in [-0.05, 0) is 26.3 Å². The molecule has 0 radical (unpaired) electrons. The van der Waals surface area contributed by atoms with Crippen LogP contribution in [0.3, 0.4) is 0 Å². The molecule has 19 heavy (non-hydrogen) atoms. The number of nitrogens with zero attached hydrogens (tertiary/aromatic N) is 2. The lowest BCUT2D eigenvalue weighted by Crippen LogP contribution is -2.18. The van der Waals surface area contributed by atoms with E-state index in [0.29, 0.717) is 0 Å². The van der Waals surface area contributed by atoms with Gasteiger partial charge in [-0.15, -0.1) is 23.1 Å². The highest BCUT2D eigenvalue weighted by Crippen LogP contribution is 2.39. The molecule has 0 atom stereocenters. The summed E-state index contributed by atoms with van der Waals surface area (Å²) in [5.74, 6) is 0. The standard InChI is InChI=1S/C13H22N2OS2Si/c1-8-9(13(2,3)4)15-11(18-8)10(17-5)14-12(15)16-19(6)7/h19H,1-7H3. The summed E-state index contributed by atoms with van der Waals surface area (Å²) in [4.78, 5) is 7.25. The van der Waals surface area contributed by atoms with Gasteiger partial charge in [0, 0.05) is 16.0 Å². The topological polar surface area (TPSA) is 26.5 Å². The zero-order chi connectivity index (χ0) is 14.4. The molecule has 0 aromatic carbocycles. The summed E-state index contributed by atoms with van der Waals surface area (Å²) in [7, 11) is -1.16. The van der Waals surface area contributed by atoms with Crippen LogP contribution in [0.4, 0.5) is 0 Å². The maximum atomic E-state index is 6.04. The van der Waals surface area contributed by atoms with Crippen LogP contribution in [-0.4, -0.2) is 24.7 Å². The number of aryl methyl sites for hydroxylation is 1. The van der Waals surface area contributed by atoms with Crippen LogP contribution < -0.4 is 4.43 Å². The fourth-order valence-corrected chi connectivity index (χ4v) is 4.86. The van der Waals surface area contributed by atoms with E-state index >= 15 is 0 Å². The molecule has 0 unspecified atom stereocenters. The molecule has 0 amide bonds. The van der Waals surface area contributed by atoms with E-state index in [0.717, 1.165) is 11.0 Å². The van der Waals surface area contributed by atoms with Gasteiger partial charge in [0.1, 0.15) is 9.86 Å². The third-order valence-electron chi connectivity index (χ3n) is 2.83. The van der Waals surface area contributed by atoms with Gasteiger partial charge in [0.05, 0.1) is 0 Å². The molecule has 2 aromatic rings. The minimum Gasteiger partial charge on any atom is -0.521 e. The summed E-state index contributed by atoms with van der Waals surface area (Å²) in [6.45, 7) is 13.3. The first-order valence-electron chi connectivity index (χ1n) is 6.48. The monoisotopic (exact) mass is 314 g/mol. The first-order chi connectivity index (χ1) is 8.75. The van der Waals surface area contributed by atoms with Gasteiger partial charge in [0.15, 0.2) is 0 Å². The van der Waals surface area contributed by atoms with Crippen molar-refractivity contribution in [3.8, 4) is 6.01 Å². The maximum Gasteiger partial charge on any atom is 0.289 e. The van der Waals surface area contributed by atoms with Crippen molar-refractivity contribution in [3.05, 3.63) is 10.6 Å². The Morgan fingerprint density at radius 3 is 2.42 bits per heavy atom. The summed E-state index contributed by atoms with van der Waals surface area (Å²) >= 11 is 3.51. The van der Waals surface area contributed by atoms with Crippen LogP contribution in [0.1, 0.15) is 31.3 Å². The molecule has 0 aliphatic heterocycles. The van der Waals surface area contributed by atoms with Crippen molar-refractivity contribution in [1.29, 1.82) is 0 Å². The first kappa shape index (κ1) is 14.9. The number of hydrogen-bond donors (Lipinski definition) is 0. The van der Waals surface area contributed by atoms with Gasteiger partial charge in [0.25, 0.3) is 6.01 Å². The predicted octanol–water partition coefficient (Wildman–Crippen LogP) is 4.09. The van der Waals surface area contributed by atoms with E-state index in [1.54, 1.807) is 11.8 Å². The molecule has 0 aliphatic rings. The lowest BCUT2D eigenvalue weighted by Gasteiger charge is -2.20. The zero-order valence-corrected chi connectivity index (χ0v) is 15.5. The molecule has 0 spiro atoms. The van der Waals surface area contributed by atoms with Gasteiger partial charge in [-0.3, -0.25) is 4.40 Å². The second kappa shape index (κ2) is 5.14. The SMILES string of the molecule is CSc1nc(O[SiH](C)C)n2c(C(C)(C)C)c(C)sc12. The van der Waals surface area contributed by atoms with Crippen LogP contribution >= 0.6 is 23.1 Å². The maximum absolute atomic E-state index is 6.04. The lowest BCUT2D eigenvalue weighted by atomic mass is 9.91. The number of thiazole rings is 1. The largest absolute Gasteiger partial charge is 0.521 e. The average Bonchev–Trinajstić information content (AvgIpc) is 2.73. The van der Waals surface area contributed by atoms with Crippen molar-refractivity contribution < 1.29 is 4.43 Å². The summed E-state index contributed by atoms with van der Waals surface area (Å²) in [6, 6.07) is 0.787. The van der Waals surface area contributed by atoms with E-state index in [1.165, 1.54) is 15.4 Å². The van der Waals surface area contributed by atoms with Gasteiger partial charge >= 0.3 is 0 Å². The van der Waals surface area contributed by atoms with E-state index in [9.17, 15) is 0 Å². The Morgan fingerprint density at radius 1 is 1.32 bits per heavy atom. The zero-order valence-electron chi connectivity index (χ0n) is 12.7. The molecular weight excluding hydrogens is 292 g/mol. The Morgan fingerprint density at radius 2 is 1.95 bits per heavy atom. The van der Waals surface area contributed by atoms with Crippen molar-refractivity contribution in [2.24, 2.45) is 0 Å². The van der Waals surface area contributed by atoms with Crippen molar-refractivity contribution >= 4 is 37.0 Å². The van der Waals surface area contributed by atoms with Crippen LogP contribution in [0.15, 0.2) is 5.03 Å². The van der Waals surface area contributed by atoms with Gasteiger partial charge in [0.2, 0.25) is 9.04 Å². The minimum absolute atomic E-state index is 0.0926. The molecule has 0 aliphatic carbocycles. The quantitative estimate of drug-likeness (QED) is 0.630. The Bertz CT molecular complexity index is 596. The molecule has 0 bridgehead atoms. The van der Waals surface area contributed by atoms with E-state index in [2.05, 4.69) is 56.4 Å². The van der Waals surface area contributed by atoms with E-state index < -0.39 is 9.04 Å². The van der Waals surface area contributed by atoms with Crippen molar-refractivity contribution in [2.75, 3.05) is 6.26 Å². The highest BCUT2D eigenvalue weighted by Gasteiger charge is 2.27. The molecule has 3 nitrogen and oxygen atoms in total. The summed E-state index contributed by atoms with van der Waals surface area (Å²) in [6.07, 6.45) is 2.07. The molecule has 0 fully saturated rings.